The first-order chi connectivity index (χ1) is 15.5. The lowest BCUT2D eigenvalue weighted by Crippen LogP contribution is -2.11. The van der Waals surface area contributed by atoms with E-state index in [1.807, 2.05) is 48.5 Å². The van der Waals surface area contributed by atoms with E-state index in [-0.39, 0.29) is 11.6 Å². The lowest BCUT2D eigenvalue weighted by atomic mass is 10.0. The molecule has 0 spiro atoms. The number of nitrogens with zero attached hydrogens (tertiary/aromatic N) is 1. The van der Waals surface area contributed by atoms with E-state index in [2.05, 4.69) is 49.9 Å². The fraction of sp³-hybridized carbons (Fsp3) is 0.310. The molecular formula is C29H33NO2. The van der Waals surface area contributed by atoms with Crippen LogP contribution in [0.2, 0.25) is 0 Å². The fourth-order valence-corrected chi connectivity index (χ4v) is 3.70. The van der Waals surface area contributed by atoms with E-state index in [4.69, 9.17) is 0 Å². The number of carbonyl (C=O) groups is 2. The third-order valence-electron chi connectivity index (χ3n) is 5.70. The zero-order chi connectivity index (χ0) is 22.9. The number of anilines is 3. The Morgan fingerprint density at radius 1 is 0.594 bits per heavy atom. The first-order valence-electron chi connectivity index (χ1n) is 11.7. The lowest BCUT2D eigenvalue weighted by Gasteiger charge is -2.26. The molecule has 0 aromatic heterocycles. The maximum absolute atomic E-state index is 12.4. The zero-order valence-corrected chi connectivity index (χ0v) is 19.4. The Labute approximate surface area is 192 Å². The average Bonchev–Trinajstić information content (AvgIpc) is 2.83. The molecule has 0 radical (unpaired) electrons. The van der Waals surface area contributed by atoms with Crippen LogP contribution in [0.1, 0.15) is 78.7 Å². The molecule has 3 heteroatoms. The molecule has 0 bridgehead atoms. The molecule has 0 N–H and O–H groups in total. The summed E-state index contributed by atoms with van der Waals surface area (Å²) in [7, 11) is 0. The first-order valence-corrected chi connectivity index (χ1v) is 11.7. The third-order valence-corrected chi connectivity index (χ3v) is 5.70. The standard InChI is InChI=1S/C29H33NO2/c1-4-6-8-28(31)23-12-18-26(19-13-23)30(25-16-10-22(3)11-17-25)27-20-14-24(15-21-27)29(32)9-7-5-2/h10-21H,4-9H2,1-3H3. The summed E-state index contributed by atoms with van der Waals surface area (Å²) in [6.07, 6.45) is 5.04. The summed E-state index contributed by atoms with van der Waals surface area (Å²) in [5.41, 5.74) is 5.69. The number of unbranched alkanes of at least 4 members (excludes halogenated alkanes) is 2. The second-order valence-electron chi connectivity index (χ2n) is 8.32. The number of hydrogen-bond donors (Lipinski definition) is 0. The molecule has 0 saturated carbocycles. The van der Waals surface area contributed by atoms with Gasteiger partial charge in [-0.3, -0.25) is 9.59 Å². The van der Waals surface area contributed by atoms with Gasteiger partial charge in [-0.1, -0.05) is 44.4 Å². The second kappa shape index (κ2) is 11.4. The van der Waals surface area contributed by atoms with Gasteiger partial charge in [-0.2, -0.15) is 0 Å². The van der Waals surface area contributed by atoms with Gasteiger partial charge in [0.2, 0.25) is 0 Å². The normalized spacial score (nSPS) is 10.7. The van der Waals surface area contributed by atoms with Gasteiger partial charge in [0, 0.05) is 41.0 Å². The van der Waals surface area contributed by atoms with Gasteiger partial charge in [-0.05, 0) is 80.4 Å². The number of benzene rings is 3. The monoisotopic (exact) mass is 427 g/mol. The highest BCUT2D eigenvalue weighted by Gasteiger charge is 2.14. The van der Waals surface area contributed by atoms with Crippen molar-refractivity contribution in [1.82, 2.24) is 0 Å². The van der Waals surface area contributed by atoms with Crippen molar-refractivity contribution in [3.8, 4) is 0 Å². The molecule has 3 rings (SSSR count). The van der Waals surface area contributed by atoms with Gasteiger partial charge in [-0.25, -0.2) is 0 Å². The van der Waals surface area contributed by atoms with Gasteiger partial charge in [0.1, 0.15) is 0 Å². The van der Waals surface area contributed by atoms with Crippen LogP contribution in [0.15, 0.2) is 72.8 Å². The summed E-state index contributed by atoms with van der Waals surface area (Å²) < 4.78 is 0. The third kappa shape index (κ3) is 5.94. The summed E-state index contributed by atoms with van der Waals surface area (Å²) >= 11 is 0. The van der Waals surface area contributed by atoms with Gasteiger partial charge >= 0.3 is 0 Å². The topological polar surface area (TPSA) is 37.4 Å². The average molecular weight is 428 g/mol. The minimum atomic E-state index is 0.190. The Hall–Kier alpha value is -3.20. The highest BCUT2D eigenvalue weighted by atomic mass is 16.1. The van der Waals surface area contributed by atoms with E-state index in [1.54, 1.807) is 0 Å². The molecule has 0 heterocycles. The van der Waals surface area contributed by atoms with E-state index in [9.17, 15) is 9.59 Å². The highest BCUT2D eigenvalue weighted by Crippen LogP contribution is 2.35. The van der Waals surface area contributed by atoms with E-state index in [0.717, 1.165) is 53.9 Å². The van der Waals surface area contributed by atoms with Crippen molar-refractivity contribution >= 4 is 28.6 Å². The van der Waals surface area contributed by atoms with Crippen molar-refractivity contribution in [1.29, 1.82) is 0 Å². The van der Waals surface area contributed by atoms with Crippen LogP contribution >= 0.6 is 0 Å². The van der Waals surface area contributed by atoms with Crippen molar-refractivity contribution in [2.45, 2.75) is 59.3 Å². The summed E-state index contributed by atoms with van der Waals surface area (Å²) in [6.45, 7) is 6.26. The zero-order valence-electron chi connectivity index (χ0n) is 19.4. The molecule has 0 aliphatic carbocycles. The molecule has 3 nitrogen and oxygen atoms in total. The number of hydrogen-bond acceptors (Lipinski definition) is 3. The van der Waals surface area contributed by atoms with Gasteiger partial charge < -0.3 is 4.90 Å². The first kappa shape index (κ1) is 23.5. The lowest BCUT2D eigenvalue weighted by molar-refractivity contribution is 0.0972. The van der Waals surface area contributed by atoms with Gasteiger partial charge in [0.15, 0.2) is 11.6 Å². The molecular weight excluding hydrogens is 394 g/mol. The fourth-order valence-electron chi connectivity index (χ4n) is 3.70. The minimum absolute atomic E-state index is 0.190. The van der Waals surface area contributed by atoms with Crippen LogP contribution in [-0.2, 0) is 0 Å². The second-order valence-corrected chi connectivity index (χ2v) is 8.32. The number of ketones is 2. The maximum atomic E-state index is 12.4. The Kier molecular flexibility index (Phi) is 8.38. The number of aryl methyl sites for hydroxylation is 1. The molecule has 0 atom stereocenters. The molecule has 0 amide bonds. The summed E-state index contributed by atoms with van der Waals surface area (Å²) in [5, 5.41) is 0. The van der Waals surface area contributed by atoms with E-state index in [1.165, 1.54) is 5.56 Å². The Bertz CT molecular complexity index is 955. The summed E-state index contributed by atoms with van der Waals surface area (Å²) in [6, 6.07) is 24.0. The van der Waals surface area contributed by atoms with Crippen molar-refractivity contribution in [3.05, 3.63) is 89.5 Å². The molecule has 0 aliphatic rings. The van der Waals surface area contributed by atoms with E-state index >= 15 is 0 Å². The van der Waals surface area contributed by atoms with Gasteiger partial charge in [0.05, 0.1) is 0 Å². The Balaban J connectivity index is 1.92. The van der Waals surface area contributed by atoms with Crippen molar-refractivity contribution in [2.24, 2.45) is 0 Å². The molecule has 32 heavy (non-hydrogen) atoms. The van der Waals surface area contributed by atoms with Crippen LogP contribution in [-0.4, -0.2) is 11.6 Å². The van der Waals surface area contributed by atoms with Crippen molar-refractivity contribution in [2.75, 3.05) is 4.90 Å². The number of Topliss-reactive ketones (excluding diaryl/α,β-unsaturated/α-hetero) is 2. The molecule has 0 fully saturated rings. The largest absolute Gasteiger partial charge is 0.311 e. The van der Waals surface area contributed by atoms with E-state index < -0.39 is 0 Å². The van der Waals surface area contributed by atoms with Crippen LogP contribution in [0.25, 0.3) is 0 Å². The van der Waals surface area contributed by atoms with Gasteiger partial charge in [0.25, 0.3) is 0 Å². The summed E-state index contributed by atoms with van der Waals surface area (Å²) in [4.78, 5) is 26.9. The highest BCUT2D eigenvalue weighted by molar-refractivity contribution is 5.97. The minimum Gasteiger partial charge on any atom is -0.311 e. The number of carbonyl (C=O) groups excluding carboxylic acids is 2. The molecule has 3 aromatic carbocycles. The maximum Gasteiger partial charge on any atom is 0.162 e. The molecule has 0 unspecified atom stereocenters. The molecule has 0 saturated heterocycles. The molecule has 3 aromatic rings. The predicted molar refractivity (Wildman–Crippen MR) is 134 cm³/mol. The number of rotatable bonds is 11. The Morgan fingerprint density at radius 2 is 0.938 bits per heavy atom. The summed E-state index contributed by atoms with van der Waals surface area (Å²) in [5.74, 6) is 0.380. The van der Waals surface area contributed by atoms with Crippen molar-refractivity contribution < 1.29 is 9.59 Å². The smallest absolute Gasteiger partial charge is 0.162 e. The van der Waals surface area contributed by atoms with E-state index in [0.29, 0.717) is 12.8 Å². The van der Waals surface area contributed by atoms with Crippen LogP contribution in [0.5, 0.6) is 0 Å². The quantitative estimate of drug-likeness (QED) is 0.289. The van der Waals surface area contributed by atoms with Crippen LogP contribution in [0, 0.1) is 6.92 Å². The molecule has 166 valence electrons. The predicted octanol–water partition coefficient (Wildman–Crippen LogP) is 8.21. The SMILES string of the molecule is CCCCC(=O)c1ccc(N(c2ccc(C)cc2)c2ccc(C(=O)CCCC)cc2)cc1. The Morgan fingerprint density at radius 3 is 1.28 bits per heavy atom. The van der Waals surface area contributed by atoms with Crippen LogP contribution in [0.4, 0.5) is 17.1 Å². The van der Waals surface area contributed by atoms with Crippen molar-refractivity contribution in [3.63, 3.8) is 0 Å². The van der Waals surface area contributed by atoms with Crippen LogP contribution < -0.4 is 4.90 Å². The van der Waals surface area contributed by atoms with Crippen LogP contribution in [0.3, 0.4) is 0 Å². The van der Waals surface area contributed by atoms with Gasteiger partial charge in [-0.15, -0.1) is 0 Å². The molecule has 0 aliphatic heterocycles.